The molecule has 0 unspecified atom stereocenters. The zero-order valence-electron chi connectivity index (χ0n) is 16.2. The van der Waals surface area contributed by atoms with E-state index in [0.717, 1.165) is 36.7 Å². The van der Waals surface area contributed by atoms with Crippen molar-refractivity contribution >= 4 is 0 Å². The molecule has 2 aliphatic carbocycles. The number of nitriles is 1. The zero-order valence-corrected chi connectivity index (χ0v) is 16.2. The van der Waals surface area contributed by atoms with E-state index in [0.29, 0.717) is 18.2 Å². The third-order valence-corrected chi connectivity index (χ3v) is 6.94. The number of hydrogen-bond acceptors (Lipinski definition) is 1. The Labute approximate surface area is 162 Å². The lowest BCUT2D eigenvalue weighted by Crippen LogP contribution is -2.17. The van der Waals surface area contributed by atoms with E-state index in [-0.39, 0.29) is 11.4 Å². The summed E-state index contributed by atoms with van der Waals surface area (Å²) in [6.45, 7) is 0. The zero-order chi connectivity index (χ0) is 19.1. The van der Waals surface area contributed by atoms with Gasteiger partial charge in [-0.2, -0.15) is 5.26 Å². The molecule has 2 aliphatic rings. The summed E-state index contributed by atoms with van der Waals surface area (Å²) in [6, 6.07) is 7.02. The minimum absolute atomic E-state index is 0.142. The molecular formula is C24H31F2N. The topological polar surface area (TPSA) is 23.8 Å². The van der Waals surface area contributed by atoms with Crippen LogP contribution in [0.3, 0.4) is 0 Å². The van der Waals surface area contributed by atoms with Crippen molar-refractivity contribution < 1.29 is 8.78 Å². The molecule has 0 saturated heterocycles. The summed E-state index contributed by atoms with van der Waals surface area (Å²) in [5, 5.41) is 8.87. The number of rotatable bonds is 6. The van der Waals surface area contributed by atoms with Gasteiger partial charge in [0.15, 0.2) is 0 Å². The van der Waals surface area contributed by atoms with Crippen molar-refractivity contribution in [2.45, 2.75) is 76.5 Å². The first-order valence-electron chi connectivity index (χ1n) is 10.6. The van der Waals surface area contributed by atoms with Crippen molar-refractivity contribution in [3.05, 3.63) is 47.5 Å². The fourth-order valence-electron chi connectivity index (χ4n) is 5.13. The summed E-state index contributed by atoms with van der Waals surface area (Å²) < 4.78 is 26.0. The summed E-state index contributed by atoms with van der Waals surface area (Å²) in [7, 11) is 0. The predicted molar refractivity (Wildman–Crippen MR) is 105 cm³/mol. The largest absolute Gasteiger partial charge is 0.216 e. The summed E-state index contributed by atoms with van der Waals surface area (Å²) in [5.74, 6) is 2.44. The summed E-state index contributed by atoms with van der Waals surface area (Å²) in [5.41, 5.74) is 1.20. The molecule has 0 spiro atoms. The first-order valence-corrected chi connectivity index (χ1v) is 10.6. The average Bonchev–Trinajstić information content (AvgIpc) is 2.72. The van der Waals surface area contributed by atoms with Crippen LogP contribution in [0.15, 0.2) is 30.6 Å². The number of benzene rings is 1. The quantitative estimate of drug-likeness (QED) is 0.510. The van der Waals surface area contributed by atoms with E-state index >= 15 is 0 Å². The van der Waals surface area contributed by atoms with Crippen LogP contribution < -0.4 is 0 Å². The molecule has 0 radical (unpaired) electrons. The monoisotopic (exact) mass is 371 g/mol. The molecule has 2 saturated carbocycles. The molecule has 3 rings (SSSR count). The average molecular weight is 372 g/mol. The van der Waals surface area contributed by atoms with Gasteiger partial charge in [-0.25, -0.2) is 8.78 Å². The highest BCUT2D eigenvalue weighted by molar-refractivity contribution is 5.34. The highest BCUT2D eigenvalue weighted by Crippen LogP contribution is 2.40. The lowest BCUT2D eigenvalue weighted by Gasteiger charge is -2.32. The van der Waals surface area contributed by atoms with E-state index < -0.39 is 0 Å². The molecule has 2 fully saturated rings. The van der Waals surface area contributed by atoms with Crippen LogP contribution >= 0.6 is 0 Å². The van der Waals surface area contributed by atoms with Crippen LogP contribution in [0.4, 0.5) is 8.78 Å². The number of halogens is 2. The SMILES string of the molecule is N#Cc1ccc(C2CCC(CCC3CCC(C/C=C/F)CC3)CC2)cc1F. The van der Waals surface area contributed by atoms with Crippen LogP contribution in [0, 0.1) is 34.9 Å². The fraction of sp³-hybridized carbons (Fsp3) is 0.625. The minimum Gasteiger partial charge on any atom is -0.216 e. The molecule has 0 atom stereocenters. The molecule has 0 aromatic heterocycles. The Morgan fingerprint density at radius 1 is 0.926 bits per heavy atom. The van der Waals surface area contributed by atoms with Crippen LogP contribution in [0.25, 0.3) is 0 Å². The van der Waals surface area contributed by atoms with E-state index in [9.17, 15) is 8.78 Å². The number of allylic oxidation sites excluding steroid dienone is 1. The van der Waals surface area contributed by atoms with E-state index in [1.165, 1.54) is 51.4 Å². The lowest BCUT2D eigenvalue weighted by atomic mass is 9.74. The standard InChI is InChI=1S/C24H31F2N/c25-15-1-2-18-3-5-19(6-4-18)7-8-20-9-11-21(12-10-20)22-13-14-23(17-27)24(26)16-22/h1,13-16,18-21H,2-12H2/b15-1+. The Kier molecular flexibility index (Phi) is 7.44. The third kappa shape index (κ3) is 5.64. The van der Waals surface area contributed by atoms with Gasteiger partial charge in [0.05, 0.1) is 11.9 Å². The molecule has 0 N–H and O–H groups in total. The Balaban J connectivity index is 1.38. The van der Waals surface area contributed by atoms with Crippen LogP contribution in [0.1, 0.15) is 87.7 Å². The van der Waals surface area contributed by atoms with Crippen LogP contribution in [-0.2, 0) is 0 Å². The van der Waals surface area contributed by atoms with E-state index in [2.05, 4.69) is 0 Å². The smallest absolute Gasteiger partial charge is 0.141 e. The van der Waals surface area contributed by atoms with Crippen molar-refractivity contribution in [1.82, 2.24) is 0 Å². The molecule has 1 aromatic carbocycles. The van der Waals surface area contributed by atoms with Gasteiger partial charge in [-0.15, -0.1) is 0 Å². The number of nitrogens with zero attached hydrogens (tertiary/aromatic N) is 1. The highest BCUT2D eigenvalue weighted by Gasteiger charge is 2.25. The van der Waals surface area contributed by atoms with Crippen LogP contribution in [-0.4, -0.2) is 0 Å². The van der Waals surface area contributed by atoms with Gasteiger partial charge in [-0.05, 0) is 86.3 Å². The van der Waals surface area contributed by atoms with Crippen molar-refractivity contribution in [2.75, 3.05) is 0 Å². The minimum atomic E-state index is -0.380. The summed E-state index contributed by atoms with van der Waals surface area (Å²) in [6.07, 6.45) is 15.8. The highest BCUT2D eigenvalue weighted by atomic mass is 19.1. The third-order valence-electron chi connectivity index (χ3n) is 6.94. The second-order valence-corrected chi connectivity index (χ2v) is 8.63. The molecule has 0 aliphatic heterocycles. The molecule has 3 heteroatoms. The van der Waals surface area contributed by atoms with Gasteiger partial charge in [0.2, 0.25) is 0 Å². The van der Waals surface area contributed by atoms with E-state index in [4.69, 9.17) is 5.26 Å². The lowest BCUT2D eigenvalue weighted by molar-refractivity contribution is 0.231. The van der Waals surface area contributed by atoms with Crippen molar-refractivity contribution in [3.63, 3.8) is 0 Å². The molecule has 0 amide bonds. The molecule has 27 heavy (non-hydrogen) atoms. The Morgan fingerprint density at radius 2 is 1.52 bits per heavy atom. The molecule has 1 nitrogen and oxygen atoms in total. The van der Waals surface area contributed by atoms with Gasteiger partial charge in [0, 0.05) is 0 Å². The van der Waals surface area contributed by atoms with Crippen molar-refractivity contribution in [3.8, 4) is 6.07 Å². The van der Waals surface area contributed by atoms with Crippen molar-refractivity contribution in [1.29, 1.82) is 5.26 Å². The fourth-order valence-corrected chi connectivity index (χ4v) is 5.13. The molecule has 1 aromatic rings. The van der Waals surface area contributed by atoms with Gasteiger partial charge in [-0.1, -0.05) is 37.8 Å². The number of hydrogen-bond donors (Lipinski definition) is 0. The summed E-state index contributed by atoms with van der Waals surface area (Å²) in [4.78, 5) is 0. The van der Waals surface area contributed by atoms with E-state index in [1.54, 1.807) is 18.2 Å². The second kappa shape index (κ2) is 10.0. The van der Waals surface area contributed by atoms with E-state index in [1.807, 2.05) is 12.1 Å². The van der Waals surface area contributed by atoms with Gasteiger partial charge in [-0.3, -0.25) is 0 Å². The normalized spacial score (nSPS) is 28.9. The maximum absolute atomic E-state index is 13.9. The van der Waals surface area contributed by atoms with Gasteiger partial charge < -0.3 is 0 Å². The van der Waals surface area contributed by atoms with Crippen LogP contribution in [0.2, 0.25) is 0 Å². The molecular weight excluding hydrogens is 340 g/mol. The van der Waals surface area contributed by atoms with Gasteiger partial charge >= 0.3 is 0 Å². The Bertz CT molecular complexity index is 659. The molecule has 0 heterocycles. The maximum atomic E-state index is 13.9. The first-order chi connectivity index (χ1) is 13.2. The molecule has 146 valence electrons. The van der Waals surface area contributed by atoms with Crippen LogP contribution in [0.5, 0.6) is 0 Å². The molecule has 0 bridgehead atoms. The van der Waals surface area contributed by atoms with Gasteiger partial charge in [0.25, 0.3) is 0 Å². The second-order valence-electron chi connectivity index (χ2n) is 8.63. The summed E-state index contributed by atoms with van der Waals surface area (Å²) >= 11 is 0. The maximum Gasteiger partial charge on any atom is 0.141 e. The first kappa shape index (κ1) is 20.1. The predicted octanol–water partition coefficient (Wildman–Crippen LogP) is 7.43. The Hall–Kier alpha value is -1.69. The van der Waals surface area contributed by atoms with Crippen molar-refractivity contribution in [2.24, 2.45) is 17.8 Å². The Morgan fingerprint density at radius 3 is 2.07 bits per heavy atom. The van der Waals surface area contributed by atoms with Gasteiger partial charge in [0.1, 0.15) is 11.9 Å².